The lowest BCUT2D eigenvalue weighted by molar-refractivity contribution is 0.490. The molecule has 0 saturated carbocycles. The van der Waals surface area contributed by atoms with E-state index in [4.69, 9.17) is 17.3 Å². The van der Waals surface area contributed by atoms with Crippen molar-refractivity contribution in [3.05, 3.63) is 11.0 Å². The van der Waals surface area contributed by atoms with Gasteiger partial charge in [0.25, 0.3) is 0 Å². The number of halogens is 1. The summed E-state index contributed by atoms with van der Waals surface area (Å²) in [4.78, 5) is 10.7. The Bertz CT molecular complexity index is 419. The van der Waals surface area contributed by atoms with Crippen molar-refractivity contribution in [2.45, 2.75) is 39.7 Å². The van der Waals surface area contributed by atoms with Gasteiger partial charge >= 0.3 is 0 Å². The summed E-state index contributed by atoms with van der Waals surface area (Å²) in [6.45, 7) is 7.33. The van der Waals surface area contributed by atoms with Crippen LogP contribution in [0.4, 0.5) is 11.5 Å². The lowest BCUT2D eigenvalue weighted by atomic mass is 10.0. The highest BCUT2D eigenvalue weighted by Gasteiger charge is 2.30. The standard InChI is InChI=1S/C12H19ClN4/c1-7(2)9-5-4-6-17(9)11-10(14)8(3)15-12(13)16-11/h7,9H,4-6,14H2,1-3H3. The van der Waals surface area contributed by atoms with Crippen molar-refractivity contribution >= 4 is 23.1 Å². The van der Waals surface area contributed by atoms with Crippen LogP contribution in [-0.4, -0.2) is 22.6 Å². The van der Waals surface area contributed by atoms with Crippen molar-refractivity contribution in [1.29, 1.82) is 0 Å². The first kappa shape index (κ1) is 12.4. The molecule has 0 aliphatic carbocycles. The van der Waals surface area contributed by atoms with E-state index in [1.807, 2.05) is 6.92 Å². The monoisotopic (exact) mass is 254 g/mol. The summed E-state index contributed by atoms with van der Waals surface area (Å²) in [6.07, 6.45) is 2.38. The summed E-state index contributed by atoms with van der Waals surface area (Å²) in [5.74, 6) is 1.39. The second kappa shape index (κ2) is 4.69. The zero-order chi connectivity index (χ0) is 12.6. The van der Waals surface area contributed by atoms with Gasteiger partial charge in [-0.3, -0.25) is 0 Å². The van der Waals surface area contributed by atoms with E-state index in [0.717, 1.165) is 18.1 Å². The average molecular weight is 255 g/mol. The van der Waals surface area contributed by atoms with Crippen LogP contribution >= 0.6 is 11.6 Å². The largest absolute Gasteiger partial charge is 0.394 e. The van der Waals surface area contributed by atoms with Crippen molar-refractivity contribution < 1.29 is 0 Å². The first-order valence-corrected chi connectivity index (χ1v) is 6.44. The van der Waals surface area contributed by atoms with E-state index < -0.39 is 0 Å². The molecule has 0 bridgehead atoms. The predicted molar refractivity (Wildman–Crippen MR) is 71.4 cm³/mol. The van der Waals surface area contributed by atoms with Crippen molar-refractivity contribution in [3.8, 4) is 0 Å². The molecule has 2 N–H and O–H groups in total. The Labute approximate surface area is 107 Å². The number of hydrogen-bond acceptors (Lipinski definition) is 4. The van der Waals surface area contributed by atoms with Crippen molar-refractivity contribution in [3.63, 3.8) is 0 Å². The predicted octanol–water partition coefficient (Wildman–Crippen LogP) is 2.65. The molecule has 1 atom stereocenters. The molecule has 2 heterocycles. The molecule has 1 aliphatic heterocycles. The molecule has 0 spiro atoms. The van der Waals surface area contributed by atoms with Gasteiger partial charge in [-0.1, -0.05) is 13.8 Å². The second-order valence-corrected chi connectivity index (χ2v) is 5.30. The van der Waals surface area contributed by atoms with Gasteiger partial charge in [0.2, 0.25) is 5.28 Å². The molecule has 94 valence electrons. The summed E-state index contributed by atoms with van der Waals surface area (Å²) in [5, 5.41) is 0.279. The molecule has 1 unspecified atom stereocenters. The normalized spacial score (nSPS) is 20.3. The van der Waals surface area contributed by atoms with Gasteiger partial charge in [-0.15, -0.1) is 0 Å². The minimum Gasteiger partial charge on any atom is -0.394 e. The van der Waals surface area contributed by atoms with Gasteiger partial charge in [-0.2, -0.15) is 4.98 Å². The molecular formula is C12H19ClN4. The Kier molecular flexibility index (Phi) is 3.43. The van der Waals surface area contributed by atoms with Gasteiger partial charge in [0, 0.05) is 12.6 Å². The summed E-state index contributed by atoms with van der Waals surface area (Å²) in [5.41, 5.74) is 7.48. The Morgan fingerprint density at radius 3 is 2.76 bits per heavy atom. The maximum Gasteiger partial charge on any atom is 0.224 e. The van der Waals surface area contributed by atoms with Crippen LogP contribution in [0.1, 0.15) is 32.4 Å². The smallest absolute Gasteiger partial charge is 0.224 e. The summed E-state index contributed by atoms with van der Waals surface area (Å²) in [7, 11) is 0. The number of aryl methyl sites for hydroxylation is 1. The van der Waals surface area contributed by atoms with Crippen LogP contribution in [0.15, 0.2) is 0 Å². The maximum absolute atomic E-state index is 6.07. The number of hydrogen-bond donors (Lipinski definition) is 1. The van der Waals surface area contributed by atoms with E-state index >= 15 is 0 Å². The molecule has 1 fully saturated rings. The number of nitrogens with two attached hydrogens (primary N) is 1. The Morgan fingerprint density at radius 2 is 2.12 bits per heavy atom. The Balaban J connectivity index is 2.39. The Hall–Kier alpha value is -1.03. The van der Waals surface area contributed by atoms with Crippen LogP contribution < -0.4 is 10.6 Å². The van der Waals surface area contributed by atoms with Gasteiger partial charge in [0.15, 0.2) is 5.82 Å². The van der Waals surface area contributed by atoms with E-state index in [-0.39, 0.29) is 5.28 Å². The fourth-order valence-corrected chi connectivity index (χ4v) is 2.71. The summed E-state index contributed by atoms with van der Waals surface area (Å²) < 4.78 is 0. The van der Waals surface area contributed by atoms with E-state index in [1.165, 1.54) is 12.8 Å². The Morgan fingerprint density at radius 1 is 1.41 bits per heavy atom. The zero-order valence-electron chi connectivity index (χ0n) is 10.6. The molecule has 5 heteroatoms. The van der Waals surface area contributed by atoms with Crippen LogP contribution in [0.5, 0.6) is 0 Å². The number of aromatic nitrogens is 2. The highest BCUT2D eigenvalue weighted by Crippen LogP contribution is 2.33. The van der Waals surface area contributed by atoms with Crippen LogP contribution in [-0.2, 0) is 0 Å². The first-order valence-electron chi connectivity index (χ1n) is 6.07. The number of nitrogen functional groups attached to an aromatic ring is 1. The van der Waals surface area contributed by atoms with E-state index in [2.05, 4.69) is 28.7 Å². The van der Waals surface area contributed by atoms with Crippen LogP contribution in [0.3, 0.4) is 0 Å². The third kappa shape index (κ3) is 2.32. The topological polar surface area (TPSA) is 55.0 Å². The van der Waals surface area contributed by atoms with E-state index in [0.29, 0.717) is 17.6 Å². The molecule has 0 radical (unpaired) electrons. The highest BCUT2D eigenvalue weighted by atomic mass is 35.5. The SMILES string of the molecule is Cc1nc(Cl)nc(N2CCCC2C(C)C)c1N. The van der Waals surface area contributed by atoms with Gasteiger partial charge in [0.1, 0.15) is 0 Å². The average Bonchev–Trinajstić information content (AvgIpc) is 2.72. The number of rotatable bonds is 2. The van der Waals surface area contributed by atoms with Crippen LogP contribution in [0.25, 0.3) is 0 Å². The highest BCUT2D eigenvalue weighted by molar-refractivity contribution is 6.28. The fraction of sp³-hybridized carbons (Fsp3) is 0.667. The van der Waals surface area contributed by atoms with Crippen molar-refractivity contribution in [1.82, 2.24) is 9.97 Å². The minimum absolute atomic E-state index is 0.279. The third-order valence-corrected chi connectivity index (χ3v) is 3.60. The first-order chi connectivity index (χ1) is 8.00. The number of nitrogens with zero attached hydrogens (tertiary/aromatic N) is 3. The van der Waals surface area contributed by atoms with Gasteiger partial charge in [0.05, 0.1) is 11.4 Å². The van der Waals surface area contributed by atoms with Crippen LogP contribution in [0.2, 0.25) is 5.28 Å². The van der Waals surface area contributed by atoms with Gasteiger partial charge in [-0.25, -0.2) is 4.98 Å². The van der Waals surface area contributed by atoms with Crippen molar-refractivity contribution in [2.24, 2.45) is 5.92 Å². The van der Waals surface area contributed by atoms with Gasteiger partial charge in [-0.05, 0) is 37.3 Å². The minimum atomic E-state index is 0.279. The quantitative estimate of drug-likeness (QED) is 0.825. The lowest BCUT2D eigenvalue weighted by Gasteiger charge is -2.29. The molecule has 0 aromatic carbocycles. The number of anilines is 2. The van der Waals surface area contributed by atoms with E-state index in [9.17, 15) is 0 Å². The maximum atomic E-state index is 6.07. The molecular weight excluding hydrogens is 236 g/mol. The molecule has 1 aromatic rings. The lowest BCUT2D eigenvalue weighted by Crippen LogP contribution is -2.34. The molecule has 1 saturated heterocycles. The molecule has 1 aliphatic rings. The molecule has 17 heavy (non-hydrogen) atoms. The molecule has 4 nitrogen and oxygen atoms in total. The van der Waals surface area contributed by atoms with Crippen LogP contribution in [0, 0.1) is 12.8 Å². The zero-order valence-corrected chi connectivity index (χ0v) is 11.3. The third-order valence-electron chi connectivity index (χ3n) is 3.43. The summed E-state index contributed by atoms with van der Waals surface area (Å²) in [6, 6.07) is 0.502. The molecule has 1 aromatic heterocycles. The summed E-state index contributed by atoms with van der Waals surface area (Å²) >= 11 is 5.92. The van der Waals surface area contributed by atoms with Gasteiger partial charge < -0.3 is 10.6 Å². The fourth-order valence-electron chi connectivity index (χ4n) is 2.50. The second-order valence-electron chi connectivity index (χ2n) is 4.96. The van der Waals surface area contributed by atoms with E-state index in [1.54, 1.807) is 0 Å². The molecule has 0 amide bonds. The van der Waals surface area contributed by atoms with Crippen molar-refractivity contribution in [2.75, 3.05) is 17.2 Å². The molecule has 2 rings (SSSR count).